The minimum atomic E-state index is -1.18. The highest BCUT2D eigenvalue weighted by molar-refractivity contribution is 7.14. The molecule has 0 radical (unpaired) electrons. The zero-order valence-corrected chi connectivity index (χ0v) is 18.0. The second-order valence-corrected chi connectivity index (χ2v) is 8.49. The molecule has 0 aliphatic rings. The van der Waals surface area contributed by atoms with Crippen LogP contribution in [0.5, 0.6) is 0 Å². The molecule has 1 heterocycles. The van der Waals surface area contributed by atoms with Gasteiger partial charge in [-0.25, -0.2) is 4.79 Å². The standard InChI is InChI=1S/C26H22N2O3S/c27-20-13-7-12-19(16-20)24(26(30)31)28-25(29)22-15-14-21(32-22)23(17-8-3-1-4-9-17)18-10-5-2-6-11-18/h1-16,23-24H,27H2,(H,28,29)(H,30,31). The molecular formula is C26H22N2O3S. The van der Waals surface area contributed by atoms with Crippen molar-refractivity contribution in [2.45, 2.75) is 12.0 Å². The van der Waals surface area contributed by atoms with Crippen molar-refractivity contribution in [3.05, 3.63) is 124 Å². The summed E-state index contributed by atoms with van der Waals surface area (Å²) >= 11 is 1.36. The van der Waals surface area contributed by atoms with E-state index in [4.69, 9.17) is 5.73 Å². The third kappa shape index (κ3) is 4.71. The van der Waals surface area contributed by atoms with E-state index in [2.05, 4.69) is 29.6 Å². The molecular weight excluding hydrogens is 420 g/mol. The van der Waals surface area contributed by atoms with Gasteiger partial charge in [0.1, 0.15) is 0 Å². The van der Waals surface area contributed by atoms with Crippen molar-refractivity contribution in [3.8, 4) is 0 Å². The number of carboxylic acids is 1. The first-order valence-corrected chi connectivity index (χ1v) is 10.9. The lowest BCUT2D eigenvalue weighted by molar-refractivity contribution is -0.139. The van der Waals surface area contributed by atoms with Crippen molar-refractivity contribution in [2.75, 3.05) is 5.73 Å². The SMILES string of the molecule is Nc1cccc(C(NC(=O)c2ccc(C(c3ccccc3)c3ccccc3)s2)C(=O)O)c1. The number of nitrogens with one attached hydrogen (secondary N) is 1. The molecule has 0 aliphatic heterocycles. The van der Waals surface area contributed by atoms with E-state index in [1.807, 2.05) is 42.5 Å². The summed E-state index contributed by atoms with van der Waals surface area (Å²) in [6, 6.07) is 29.2. The van der Waals surface area contributed by atoms with Crippen LogP contribution in [0.1, 0.15) is 43.2 Å². The molecule has 0 saturated carbocycles. The maximum atomic E-state index is 12.9. The highest BCUT2D eigenvalue weighted by Crippen LogP contribution is 2.36. The van der Waals surface area contributed by atoms with Gasteiger partial charge in [0.25, 0.3) is 5.91 Å². The minimum Gasteiger partial charge on any atom is -0.479 e. The van der Waals surface area contributed by atoms with Crippen molar-refractivity contribution in [2.24, 2.45) is 0 Å². The molecule has 0 bridgehead atoms. The van der Waals surface area contributed by atoms with Gasteiger partial charge in [-0.15, -0.1) is 11.3 Å². The highest BCUT2D eigenvalue weighted by Gasteiger charge is 2.25. The molecule has 0 spiro atoms. The molecule has 4 aromatic rings. The summed E-state index contributed by atoms with van der Waals surface area (Å²) in [4.78, 5) is 26.2. The fraction of sp³-hybridized carbons (Fsp3) is 0.0769. The van der Waals surface area contributed by atoms with Crippen LogP contribution in [0.2, 0.25) is 0 Å². The van der Waals surface area contributed by atoms with E-state index in [0.717, 1.165) is 16.0 Å². The number of benzene rings is 3. The number of amides is 1. The van der Waals surface area contributed by atoms with Crippen LogP contribution in [0.4, 0.5) is 5.69 Å². The Morgan fingerprint density at radius 1 is 0.781 bits per heavy atom. The van der Waals surface area contributed by atoms with Gasteiger partial charge < -0.3 is 16.2 Å². The fourth-order valence-corrected chi connectivity index (χ4v) is 4.74. The molecule has 6 heteroatoms. The number of rotatable bonds is 7. The van der Waals surface area contributed by atoms with Crippen LogP contribution in [0.15, 0.2) is 97.1 Å². The second kappa shape index (κ2) is 9.49. The Morgan fingerprint density at radius 3 is 1.94 bits per heavy atom. The van der Waals surface area contributed by atoms with Crippen LogP contribution >= 0.6 is 11.3 Å². The van der Waals surface area contributed by atoms with Crippen molar-refractivity contribution < 1.29 is 14.7 Å². The number of anilines is 1. The van der Waals surface area contributed by atoms with Gasteiger partial charge in [0, 0.05) is 16.5 Å². The van der Waals surface area contributed by atoms with Gasteiger partial charge >= 0.3 is 5.97 Å². The van der Waals surface area contributed by atoms with Crippen molar-refractivity contribution >= 4 is 28.9 Å². The number of carbonyl (C=O) groups excluding carboxylic acids is 1. The number of carbonyl (C=O) groups is 2. The van der Waals surface area contributed by atoms with E-state index < -0.39 is 17.9 Å². The topological polar surface area (TPSA) is 92.4 Å². The molecule has 4 rings (SSSR count). The molecule has 1 aromatic heterocycles. The fourth-order valence-electron chi connectivity index (χ4n) is 3.67. The molecule has 0 fully saturated rings. The van der Waals surface area contributed by atoms with Gasteiger partial charge in [-0.3, -0.25) is 4.79 Å². The van der Waals surface area contributed by atoms with E-state index in [1.165, 1.54) is 11.3 Å². The summed E-state index contributed by atoms with van der Waals surface area (Å²) in [5.74, 6) is -1.60. The monoisotopic (exact) mass is 442 g/mol. The van der Waals surface area contributed by atoms with Gasteiger partial charge in [0.15, 0.2) is 6.04 Å². The number of aliphatic carboxylic acids is 1. The van der Waals surface area contributed by atoms with E-state index in [-0.39, 0.29) is 5.92 Å². The molecule has 3 aromatic carbocycles. The molecule has 5 nitrogen and oxygen atoms in total. The number of hydrogen-bond donors (Lipinski definition) is 3. The van der Waals surface area contributed by atoms with E-state index in [0.29, 0.717) is 16.1 Å². The van der Waals surface area contributed by atoms with Crippen LogP contribution in [-0.4, -0.2) is 17.0 Å². The molecule has 4 N–H and O–H groups in total. The van der Waals surface area contributed by atoms with E-state index >= 15 is 0 Å². The van der Waals surface area contributed by atoms with Crippen LogP contribution in [0, 0.1) is 0 Å². The molecule has 1 amide bonds. The van der Waals surface area contributed by atoms with Gasteiger partial charge in [-0.05, 0) is 41.0 Å². The van der Waals surface area contributed by atoms with E-state index in [9.17, 15) is 14.7 Å². The molecule has 32 heavy (non-hydrogen) atoms. The van der Waals surface area contributed by atoms with Gasteiger partial charge in [-0.1, -0.05) is 72.8 Å². The molecule has 0 aliphatic carbocycles. The predicted molar refractivity (Wildman–Crippen MR) is 127 cm³/mol. The normalized spacial score (nSPS) is 11.8. The predicted octanol–water partition coefficient (Wildman–Crippen LogP) is 5.07. The summed E-state index contributed by atoms with van der Waals surface area (Å²) in [6.07, 6.45) is 0. The largest absolute Gasteiger partial charge is 0.479 e. The smallest absolute Gasteiger partial charge is 0.330 e. The van der Waals surface area contributed by atoms with Gasteiger partial charge in [-0.2, -0.15) is 0 Å². The summed E-state index contributed by atoms with van der Waals surface area (Å²) in [6.45, 7) is 0. The maximum absolute atomic E-state index is 12.9. The maximum Gasteiger partial charge on any atom is 0.330 e. The lowest BCUT2D eigenvalue weighted by atomic mass is 9.90. The molecule has 1 atom stereocenters. The summed E-state index contributed by atoms with van der Waals surface area (Å²) in [5, 5.41) is 12.3. The van der Waals surface area contributed by atoms with Crippen molar-refractivity contribution in [1.29, 1.82) is 0 Å². The molecule has 160 valence electrons. The average molecular weight is 443 g/mol. The Hall–Kier alpha value is -3.90. The van der Waals surface area contributed by atoms with Gasteiger partial charge in [0.05, 0.1) is 4.88 Å². The summed E-state index contributed by atoms with van der Waals surface area (Å²) < 4.78 is 0. The Labute approximate surface area is 190 Å². The van der Waals surface area contributed by atoms with Gasteiger partial charge in [0.2, 0.25) is 0 Å². The average Bonchev–Trinajstić information content (AvgIpc) is 3.28. The Morgan fingerprint density at radius 2 is 1.38 bits per heavy atom. The van der Waals surface area contributed by atoms with Crippen LogP contribution < -0.4 is 11.1 Å². The first-order chi connectivity index (χ1) is 15.5. The number of thiophene rings is 1. The molecule has 0 saturated heterocycles. The first kappa shape index (κ1) is 21.3. The van der Waals surface area contributed by atoms with Crippen LogP contribution in [0.3, 0.4) is 0 Å². The van der Waals surface area contributed by atoms with Crippen LogP contribution in [-0.2, 0) is 4.79 Å². The highest BCUT2D eigenvalue weighted by atomic mass is 32.1. The quantitative estimate of drug-likeness (QED) is 0.349. The summed E-state index contributed by atoms with van der Waals surface area (Å²) in [7, 11) is 0. The Bertz CT molecular complexity index is 1180. The zero-order chi connectivity index (χ0) is 22.5. The van der Waals surface area contributed by atoms with Crippen molar-refractivity contribution in [1.82, 2.24) is 5.32 Å². The number of carboxylic acid groups (broad SMARTS) is 1. The Balaban J connectivity index is 1.63. The number of hydrogen-bond acceptors (Lipinski definition) is 4. The number of nitrogen functional groups attached to an aromatic ring is 1. The lowest BCUT2D eigenvalue weighted by Crippen LogP contribution is -2.33. The van der Waals surface area contributed by atoms with E-state index in [1.54, 1.807) is 30.3 Å². The second-order valence-electron chi connectivity index (χ2n) is 7.37. The lowest BCUT2D eigenvalue weighted by Gasteiger charge is -2.17. The number of nitrogens with two attached hydrogens (primary N) is 1. The van der Waals surface area contributed by atoms with Crippen molar-refractivity contribution in [3.63, 3.8) is 0 Å². The molecule has 1 unspecified atom stereocenters. The zero-order valence-electron chi connectivity index (χ0n) is 17.1. The minimum absolute atomic E-state index is 0.0202. The third-order valence-corrected chi connectivity index (χ3v) is 6.32. The summed E-state index contributed by atoms with van der Waals surface area (Å²) in [5.41, 5.74) is 8.89. The first-order valence-electron chi connectivity index (χ1n) is 10.1. The van der Waals surface area contributed by atoms with Crippen LogP contribution in [0.25, 0.3) is 0 Å². The Kier molecular flexibility index (Phi) is 6.33. The third-order valence-electron chi connectivity index (χ3n) is 5.17.